The molecule has 2 N–H and O–H groups in total. The highest BCUT2D eigenvalue weighted by atomic mass is 16.3. The van der Waals surface area contributed by atoms with E-state index < -0.39 is 0 Å². The zero-order chi connectivity index (χ0) is 16.9. The molecule has 1 aromatic carbocycles. The fraction of sp³-hybridized carbons (Fsp3) is 0.650. The normalized spacial score (nSPS) is 10.7. The number of rotatable bonds is 12. The molecule has 0 aromatic heterocycles. The number of unbranched alkanes of at least 4 members (excludes halogenated alkanes) is 9. The summed E-state index contributed by atoms with van der Waals surface area (Å²) in [5.74, 6) is 0.181. The lowest BCUT2D eigenvalue weighted by Gasteiger charge is -2.07. The molecule has 0 unspecified atom stereocenters. The second kappa shape index (κ2) is 12.0. The van der Waals surface area contributed by atoms with Gasteiger partial charge in [-0.15, -0.1) is 0 Å². The predicted octanol–water partition coefficient (Wildman–Crippen LogP) is 5.35. The molecule has 0 fully saturated rings. The smallest absolute Gasteiger partial charge is 0.251 e. The van der Waals surface area contributed by atoms with Gasteiger partial charge in [0.15, 0.2) is 0 Å². The molecule has 0 atom stereocenters. The van der Waals surface area contributed by atoms with E-state index in [0.717, 1.165) is 18.5 Å². The van der Waals surface area contributed by atoms with Gasteiger partial charge >= 0.3 is 0 Å². The Bertz CT molecular complexity index is 457. The molecular formula is C20H33NO2. The quantitative estimate of drug-likeness (QED) is 0.510. The first-order valence-corrected chi connectivity index (χ1v) is 9.23. The van der Waals surface area contributed by atoms with Gasteiger partial charge in [-0.25, -0.2) is 0 Å². The number of benzene rings is 1. The largest absolute Gasteiger partial charge is 0.508 e. The number of phenolic OH excluding ortho intramolecular Hbond substituents is 1. The minimum absolute atomic E-state index is 0.0518. The molecule has 0 heterocycles. The van der Waals surface area contributed by atoms with Crippen LogP contribution in [0.3, 0.4) is 0 Å². The molecule has 1 aromatic rings. The van der Waals surface area contributed by atoms with Crippen molar-refractivity contribution in [3.63, 3.8) is 0 Å². The van der Waals surface area contributed by atoms with Crippen LogP contribution in [0, 0.1) is 6.92 Å². The van der Waals surface area contributed by atoms with Crippen molar-refractivity contribution in [1.82, 2.24) is 5.32 Å². The monoisotopic (exact) mass is 319 g/mol. The summed E-state index contributed by atoms with van der Waals surface area (Å²) >= 11 is 0. The minimum atomic E-state index is -0.0518. The van der Waals surface area contributed by atoms with Crippen molar-refractivity contribution in [1.29, 1.82) is 0 Å². The standard InChI is InChI=1S/C20H33NO2/c1-3-4-5-6-7-8-9-10-11-12-15-21-20(23)18-13-14-19(22)17(2)16-18/h13-14,16,22H,3-12,15H2,1-2H3,(H,21,23). The molecule has 0 radical (unpaired) electrons. The van der Waals surface area contributed by atoms with Gasteiger partial charge < -0.3 is 10.4 Å². The molecule has 0 aliphatic carbocycles. The van der Waals surface area contributed by atoms with Crippen LogP contribution in [0.5, 0.6) is 5.75 Å². The number of carbonyl (C=O) groups is 1. The maximum atomic E-state index is 12.0. The average molecular weight is 319 g/mol. The molecule has 0 spiro atoms. The summed E-state index contributed by atoms with van der Waals surface area (Å²) in [6.45, 7) is 4.78. The summed E-state index contributed by atoms with van der Waals surface area (Å²) in [5.41, 5.74) is 1.35. The SMILES string of the molecule is CCCCCCCCCCCCNC(=O)c1ccc(O)c(C)c1. The van der Waals surface area contributed by atoms with Gasteiger partial charge in [0.1, 0.15) is 5.75 Å². The highest BCUT2D eigenvalue weighted by Gasteiger charge is 2.06. The number of aromatic hydroxyl groups is 1. The molecule has 0 saturated carbocycles. The molecule has 0 aliphatic rings. The lowest BCUT2D eigenvalue weighted by Crippen LogP contribution is -2.24. The Morgan fingerprint density at radius 1 is 0.957 bits per heavy atom. The Balaban J connectivity index is 2.00. The first kappa shape index (κ1) is 19.5. The zero-order valence-corrected chi connectivity index (χ0v) is 14.9. The summed E-state index contributed by atoms with van der Waals surface area (Å²) < 4.78 is 0. The fourth-order valence-corrected chi connectivity index (χ4v) is 2.71. The molecule has 130 valence electrons. The third-order valence-corrected chi connectivity index (χ3v) is 4.27. The van der Waals surface area contributed by atoms with Crippen LogP contribution in [-0.2, 0) is 0 Å². The van der Waals surface area contributed by atoms with E-state index in [1.165, 1.54) is 57.8 Å². The van der Waals surface area contributed by atoms with E-state index in [9.17, 15) is 9.90 Å². The number of amides is 1. The second-order valence-corrected chi connectivity index (χ2v) is 6.44. The van der Waals surface area contributed by atoms with Crippen molar-refractivity contribution in [2.45, 2.75) is 78.1 Å². The van der Waals surface area contributed by atoms with Crippen LogP contribution in [0.25, 0.3) is 0 Å². The number of hydrogen-bond acceptors (Lipinski definition) is 2. The van der Waals surface area contributed by atoms with Crippen LogP contribution < -0.4 is 5.32 Å². The summed E-state index contributed by atoms with van der Waals surface area (Å²) in [6, 6.07) is 4.96. The van der Waals surface area contributed by atoms with Gasteiger partial charge in [0.2, 0.25) is 0 Å². The number of carbonyl (C=O) groups excluding carboxylic acids is 1. The van der Waals surface area contributed by atoms with Crippen LogP contribution in [0.1, 0.15) is 87.1 Å². The van der Waals surface area contributed by atoms with Crippen molar-refractivity contribution in [2.75, 3.05) is 6.54 Å². The maximum Gasteiger partial charge on any atom is 0.251 e. The van der Waals surface area contributed by atoms with E-state index in [1.54, 1.807) is 25.1 Å². The van der Waals surface area contributed by atoms with Crippen molar-refractivity contribution in [3.05, 3.63) is 29.3 Å². The Labute approximate surface area is 141 Å². The summed E-state index contributed by atoms with van der Waals surface area (Å²) in [4.78, 5) is 12.0. The van der Waals surface area contributed by atoms with E-state index in [-0.39, 0.29) is 11.7 Å². The third kappa shape index (κ3) is 8.63. The van der Waals surface area contributed by atoms with Crippen LogP contribution in [0.4, 0.5) is 0 Å². The Morgan fingerprint density at radius 2 is 1.52 bits per heavy atom. The van der Waals surface area contributed by atoms with Gasteiger partial charge in [-0.3, -0.25) is 4.79 Å². The second-order valence-electron chi connectivity index (χ2n) is 6.44. The Hall–Kier alpha value is -1.51. The Kier molecular flexibility index (Phi) is 10.2. The summed E-state index contributed by atoms with van der Waals surface area (Å²) in [5, 5.41) is 12.4. The lowest BCUT2D eigenvalue weighted by atomic mass is 10.1. The summed E-state index contributed by atoms with van der Waals surface area (Å²) in [7, 11) is 0. The average Bonchev–Trinajstić information content (AvgIpc) is 2.55. The maximum absolute atomic E-state index is 12.0. The van der Waals surface area contributed by atoms with Crippen molar-refractivity contribution in [3.8, 4) is 5.75 Å². The predicted molar refractivity (Wildman–Crippen MR) is 97.0 cm³/mol. The lowest BCUT2D eigenvalue weighted by molar-refractivity contribution is 0.0953. The number of aryl methyl sites for hydroxylation is 1. The van der Waals surface area contributed by atoms with Gasteiger partial charge in [-0.1, -0.05) is 64.7 Å². The van der Waals surface area contributed by atoms with E-state index in [0.29, 0.717) is 5.56 Å². The first-order valence-electron chi connectivity index (χ1n) is 9.23. The van der Waals surface area contributed by atoms with E-state index in [2.05, 4.69) is 12.2 Å². The summed E-state index contributed by atoms with van der Waals surface area (Å²) in [6.07, 6.45) is 13.0. The zero-order valence-electron chi connectivity index (χ0n) is 14.9. The molecule has 3 heteroatoms. The molecular weight excluding hydrogens is 286 g/mol. The molecule has 1 rings (SSSR count). The first-order chi connectivity index (χ1) is 11.1. The number of nitrogens with one attached hydrogen (secondary N) is 1. The van der Waals surface area contributed by atoms with Crippen LogP contribution in [-0.4, -0.2) is 17.6 Å². The van der Waals surface area contributed by atoms with E-state index in [4.69, 9.17) is 0 Å². The Morgan fingerprint density at radius 3 is 2.09 bits per heavy atom. The third-order valence-electron chi connectivity index (χ3n) is 4.27. The van der Waals surface area contributed by atoms with Gasteiger partial charge in [0, 0.05) is 12.1 Å². The highest BCUT2D eigenvalue weighted by Crippen LogP contribution is 2.16. The van der Waals surface area contributed by atoms with Gasteiger partial charge in [-0.2, -0.15) is 0 Å². The van der Waals surface area contributed by atoms with Gasteiger partial charge in [0.25, 0.3) is 5.91 Å². The molecule has 1 amide bonds. The van der Waals surface area contributed by atoms with E-state index in [1.807, 2.05) is 0 Å². The molecule has 0 saturated heterocycles. The molecule has 0 aliphatic heterocycles. The molecule has 23 heavy (non-hydrogen) atoms. The van der Waals surface area contributed by atoms with Crippen LogP contribution in [0.15, 0.2) is 18.2 Å². The number of hydrogen-bond donors (Lipinski definition) is 2. The van der Waals surface area contributed by atoms with Crippen molar-refractivity contribution < 1.29 is 9.90 Å². The van der Waals surface area contributed by atoms with Crippen LogP contribution >= 0.6 is 0 Å². The topological polar surface area (TPSA) is 49.3 Å². The number of phenols is 1. The fourth-order valence-electron chi connectivity index (χ4n) is 2.71. The minimum Gasteiger partial charge on any atom is -0.508 e. The van der Waals surface area contributed by atoms with Gasteiger partial charge in [0.05, 0.1) is 0 Å². The van der Waals surface area contributed by atoms with Crippen molar-refractivity contribution >= 4 is 5.91 Å². The molecule has 0 bridgehead atoms. The highest BCUT2D eigenvalue weighted by molar-refractivity contribution is 5.94. The molecule has 3 nitrogen and oxygen atoms in total. The van der Waals surface area contributed by atoms with Crippen LogP contribution in [0.2, 0.25) is 0 Å². The van der Waals surface area contributed by atoms with E-state index >= 15 is 0 Å². The van der Waals surface area contributed by atoms with Gasteiger partial charge in [-0.05, 0) is 37.1 Å². The van der Waals surface area contributed by atoms with Crippen molar-refractivity contribution in [2.24, 2.45) is 0 Å².